The van der Waals surface area contributed by atoms with Crippen molar-refractivity contribution >= 4 is 23.8 Å². The van der Waals surface area contributed by atoms with E-state index in [0.717, 1.165) is 17.0 Å². The molecule has 1 aliphatic rings. The number of hydrogen-bond donors (Lipinski definition) is 3. The van der Waals surface area contributed by atoms with Gasteiger partial charge in [-0.1, -0.05) is 0 Å². The highest BCUT2D eigenvalue weighted by molar-refractivity contribution is 7.99. The van der Waals surface area contributed by atoms with Crippen LogP contribution in [0.4, 0.5) is 4.79 Å². The van der Waals surface area contributed by atoms with Gasteiger partial charge in [0.25, 0.3) is 0 Å². The molecule has 0 radical (unpaired) electrons. The first-order chi connectivity index (χ1) is 9.58. The zero-order valence-electron chi connectivity index (χ0n) is 11.3. The molecule has 0 saturated carbocycles. The summed E-state index contributed by atoms with van der Waals surface area (Å²) < 4.78 is 0. The predicted octanol–water partition coefficient (Wildman–Crippen LogP) is 0.820. The van der Waals surface area contributed by atoms with Crippen LogP contribution in [0.2, 0.25) is 0 Å². The quantitative estimate of drug-likeness (QED) is 0.764. The lowest BCUT2D eigenvalue weighted by molar-refractivity contribution is -0.137. The minimum absolute atomic E-state index is 0.00877. The first kappa shape index (κ1) is 14.7. The summed E-state index contributed by atoms with van der Waals surface area (Å²) in [5, 5.41) is 18.4. The van der Waals surface area contributed by atoms with Gasteiger partial charge in [-0.15, -0.1) is 0 Å². The van der Waals surface area contributed by atoms with Crippen molar-refractivity contribution < 1.29 is 14.7 Å². The molecule has 8 heteroatoms. The van der Waals surface area contributed by atoms with E-state index in [1.165, 1.54) is 0 Å². The summed E-state index contributed by atoms with van der Waals surface area (Å²) in [6.07, 6.45) is 1.67. The van der Waals surface area contributed by atoms with Gasteiger partial charge in [-0.2, -0.15) is 16.9 Å². The van der Waals surface area contributed by atoms with Crippen molar-refractivity contribution in [3.05, 3.63) is 17.5 Å². The number of aryl methyl sites for hydroxylation is 1. The Morgan fingerprint density at radius 1 is 1.65 bits per heavy atom. The predicted molar refractivity (Wildman–Crippen MR) is 75.6 cm³/mol. The standard InChI is InChI=1S/C12H18N4O3S/c1-8-9(6-14-15-8)5-13-12(19)16-2-3-20-7-10(16)4-11(17)18/h6,10H,2-5,7H2,1H3,(H,13,19)(H,14,15)(H,17,18). The Labute approximate surface area is 121 Å². The zero-order valence-corrected chi connectivity index (χ0v) is 12.1. The number of carbonyl (C=O) groups is 2. The number of carboxylic acids is 1. The monoisotopic (exact) mass is 298 g/mol. The van der Waals surface area contributed by atoms with E-state index in [-0.39, 0.29) is 18.5 Å². The SMILES string of the molecule is Cc1[nH]ncc1CNC(=O)N1CCSCC1CC(=O)O. The number of urea groups is 1. The van der Waals surface area contributed by atoms with Crippen LogP contribution in [0.1, 0.15) is 17.7 Å². The van der Waals surface area contributed by atoms with E-state index in [4.69, 9.17) is 5.11 Å². The lowest BCUT2D eigenvalue weighted by atomic mass is 10.2. The number of nitrogens with one attached hydrogen (secondary N) is 2. The van der Waals surface area contributed by atoms with Gasteiger partial charge in [0.15, 0.2) is 0 Å². The number of H-pyrrole nitrogens is 1. The van der Waals surface area contributed by atoms with Gasteiger partial charge in [-0.3, -0.25) is 9.89 Å². The highest BCUT2D eigenvalue weighted by atomic mass is 32.2. The maximum Gasteiger partial charge on any atom is 0.317 e. The molecule has 0 aliphatic carbocycles. The maximum atomic E-state index is 12.2. The number of aromatic nitrogens is 2. The normalized spacial score (nSPS) is 18.9. The van der Waals surface area contributed by atoms with Gasteiger partial charge >= 0.3 is 12.0 Å². The molecular weight excluding hydrogens is 280 g/mol. The third-order valence-corrected chi connectivity index (χ3v) is 4.35. The molecule has 0 spiro atoms. The molecule has 0 bridgehead atoms. The van der Waals surface area contributed by atoms with Crippen LogP contribution in [0.15, 0.2) is 6.20 Å². The fraction of sp³-hybridized carbons (Fsp3) is 0.583. The van der Waals surface area contributed by atoms with Gasteiger partial charge in [-0.25, -0.2) is 4.79 Å². The van der Waals surface area contributed by atoms with Gasteiger partial charge in [0.2, 0.25) is 0 Å². The lowest BCUT2D eigenvalue weighted by Gasteiger charge is -2.34. The molecule has 7 nitrogen and oxygen atoms in total. The second-order valence-electron chi connectivity index (χ2n) is 4.70. The highest BCUT2D eigenvalue weighted by Crippen LogP contribution is 2.19. The molecule has 1 fully saturated rings. The van der Waals surface area contributed by atoms with E-state index in [1.54, 1.807) is 22.9 Å². The van der Waals surface area contributed by atoms with Gasteiger partial charge in [-0.05, 0) is 6.92 Å². The summed E-state index contributed by atoms with van der Waals surface area (Å²) in [6.45, 7) is 2.86. The molecule has 20 heavy (non-hydrogen) atoms. The third kappa shape index (κ3) is 3.66. The number of carboxylic acid groups (broad SMARTS) is 1. The van der Waals surface area contributed by atoms with Crippen LogP contribution in [-0.4, -0.2) is 56.3 Å². The van der Waals surface area contributed by atoms with Crippen LogP contribution in [0.5, 0.6) is 0 Å². The first-order valence-electron chi connectivity index (χ1n) is 6.40. The second-order valence-corrected chi connectivity index (χ2v) is 5.85. The van der Waals surface area contributed by atoms with Crippen molar-refractivity contribution in [2.24, 2.45) is 0 Å². The van der Waals surface area contributed by atoms with Crippen LogP contribution in [0.25, 0.3) is 0 Å². The molecule has 110 valence electrons. The molecule has 2 heterocycles. The van der Waals surface area contributed by atoms with Crippen LogP contribution in [-0.2, 0) is 11.3 Å². The van der Waals surface area contributed by atoms with Gasteiger partial charge in [0.1, 0.15) is 0 Å². The van der Waals surface area contributed by atoms with E-state index >= 15 is 0 Å². The average molecular weight is 298 g/mol. The molecule has 1 unspecified atom stereocenters. The van der Waals surface area contributed by atoms with Gasteiger partial charge in [0, 0.05) is 35.9 Å². The summed E-state index contributed by atoms with van der Waals surface area (Å²) in [7, 11) is 0. The van der Waals surface area contributed by atoms with Crippen molar-refractivity contribution in [2.75, 3.05) is 18.1 Å². The Kier molecular flexibility index (Phi) is 4.89. The number of thioether (sulfide) groups is 1. The minimum atomic E-state index is -0.874. The van der Waals surface area contributed by atoms with E-state index in [9.17, 15) is 9.59 Å². The molecule has 2 amide bonds. The summed E-state index contributed by atoms with van der Waals surface area (Å²) in [6, 6.07) is -0.450. The summed E-state index contributed by atoms with van der Waals surface area (Å²) in [4.78, 5) is 24.6. The summed E-state index contributed by atoms with van der Waals surface area (Å²) in [5.74, 6) is 0.639. The van der Waals surface area contributed by atoms with Crippen LogP contribution in [0.3, 0.4) is 0 Å². The van der Waals surface area contributed by atoms with Crippen molar-refractivity contribution in [3.8, 4) is 0 Å². The fourth-order valence-corrected chi connectivity index (χ4v) is 3.18. The molecule has 3 N–H and O–H groups in total. The molecule has 1 saturated heterocycles. The third-order valence-electron chi connectivity index (χ3n) is 3.26. The van der Waals surface area contributed by atoms with Crippen molar-refractivity contribution in [1.82, 2.24) is 20.4 Å². The maximum absolute atomic E-state index is 12.2. The minimum Gasteiger partial charge on any atom is -0.481 e. The fourth-order valence-electron chi connectivity index (χ4n) is 2.12. The van der Waals surface area contributed by atoms with E-state index in [1.807, 2.05) is 6.92 Å². The number of hydrogen-bond acceptors (Lipinski definition) is 4. The van der Waals surface area contributed by atoms with E-state index in [2.05, 4.69) is 15.5 Å². The van der Waals surface area contributed by atoms with Gasteiger partial charge in [0.05, 0.1) is 18.7 Å². The number of carbonyl (C=O) groups excluding carboxylic acids is 1. The Hall–Kier alpha value is -1.70. The Balaban J connectivity index is 1.92. The van der Waals surface area contributed by atoms with Crippen molar-refractivity contribution in [3.63, 3.8) is 0 Å². The average Bonchev–Trinajstić information content (AvgIpc) is 2.81. The Morgan fingerprint density at radius 3 is 3.10 bits per heavy atom. The molecule has 0 aromatic carbocycles. The molecule has 2 rings (SSSR count). The van der Waals surface area contributed by atoms with Crippen LogP contribution < -0.4 is 5.32 Å². The molecule has 1 atom stereocenters. The van der Waals surface area contributed by atoms with Gasteiger partial charge < -0.3 is 15.3 Å². The molecule has 1 aliphatic heterocycles. The summed E-state index contributed by atoms with van der Waals surface area (Å²) in [5.41, 5.74) is 1.85. The molecule has 1 aromatic heterocycles. The number of amides is 2. The first-order valence-corrected chi connectivity index (χ1v) is 7.56. The largest absolute Gasteiger partial charge is 0.481 e. The Morgan fingerprint density at radius 2 is 2.45 bits per heavy atom. The number of aromatic amines is 1. The van der Waals surface area contributed by atoms with Crippen molar-refractivity contribution in [1.29, 1.82) is 0 Å². The summed E-state index contributed by atoms with van der Waals surface area (Å²) >= 11 is 1.68. The van der Waals surface area contributed by atoms with Crippen molar-refractivity contribution in [2.45, 2.75) is 25.9 Å². The smallest absolute Gasteiger partial charge is 0.317 e. The second kappa shape index (κ2) is 6.65. The zero-order chi connectivity index (χ0) is 14.5. The number of aliphatic carboxylic acids is 1. The van der Waals surface area contributed by atoms with Crippen LogP contribution >= 0.6 is 11.8 Å². The number of nitrogens with zero attached hydrogens (tertiary/aromatic N) is 2. The molecular formula is C12H18N4O3S. The van der Waals surface area contributed by atoms with Crippen LogP contribution in [0, 0.1) is 6.92 Å². The molecule has 1 aromatic rings. The highest BCUT2D eigenvalue weighted by Gasteiger charge is 2.28. The van der Waals surface area contributed by atoms with E-state index in [0.29, 0.717) is 18.8 Å². The number of rotatable bonds is 4. The topological polar surface area (TPSA) is 98.3 Å². The van der Waals surface area contributed by atoms with E-state index < -0.39 is 5.97 Å². The lowest BCUT2D eigenvalue weighted by Crippen LogP contribution is -2.51. The Bertz CT molecular complexity index is 491.